The predicted molar refractivity (Wildman–Crippen MR) is 111 cm³/mol. The van der Waals surface area contributed by atoms with Crippen LogP contribution in [0.4, 0.5) is 5.69 Å². The van der Waals surface area contributed by atoms with Crippen molar-refractivity contribution < 1.29 is 9.53 Å². The lowest BCUT2D eigenvalue weighted by Gasteiger charge is -2.19. The van der Waals surface area contributed by atoms with Crippen molar-refractivity contribution in [3.05, 3.63) is 45.2 Å². The molecule has 2 rings (SSSR count). The minimum Gasteiger partial charge on any atom is -0.385 e. The van der Waals surface area contributed by atoms with Gasteiger partial charge in [0.1, 0.15) is 0 Å². The molecule has 1 aromatic carbocycles. The number of carbonyl (C=O) groups is 1. The number of aromatic nitrogens is 1. The number of carbonyl (C=O) groups excluding carboxylic acids is 1. The van der Waals surface area contributed by atoms with Crippen LogP contribution in [-0.4, -0.2) is 61.7 Å². The van der Waals surface area contributed by atoms with Gasteiger partial charge in [-0.05, 0) is 31.7 Å². The maximum atomic E-state index is 12.0. The number of benzene rings is 1. The minimum atomic E-state index is 0.0856. The van der Waals surface area contributed by atoms with Crippen LogP contribution >= 0.6 is 22.9 Å². The summed E-state index contributed by atoms with van der Waals surface area (Å²) in [7, 11) is 7.20. The van der Waals surface area contributed by atoms with Crippen molar-refractivity contribution in [2.24, 2.45) is 4.99 Å². The second-order valence-corrected chi connectivity index (χ2v) is 7.83. The summed E-state index contributed by atoms with van der Waals surface area (Å²) < 4.78 is 7.39. The molecule has 0 saturated heterocycles. The highest BCUT2D eigenvalue weighted by Crippen LogP contribution is 2.18. The van der Waals surface area contributed by atoms with E-state index in [1.54, 1.807) is 37.4 Å². The molecular weight excluding hydrogens is 384 g/mol. The van der Waals surface area contributed by atoms with Gasteiger partial charge in [-0.2, -0.15) is 0 Å². The molecule has 0 fully saturated rings. The molecular formula is C19H27ClN4O2S. The van der Waals surface area contributed by atoms with Crippen molar-refractivity contribution in [2.45, 2.75) is 19.5 Å². The SMILES string of the molecule is COCCCn1c(CN(C)CC(=O)N(C)C)csc1=Nc1cccc(Cl)c1. The van der Waals surface area contributed by atoms with E-state index in [0.717, 1.165) is 29.1 Å². The number of rotatable bonds is 9. The van der Waals surface area contributed by atoms with Crippen LogP contribution in [0.25, 0.3) is 0 Å². The Hall–Kier alpha value is -1.67. The fourth-order valence-electron chi connectivity index (χ4n) is 2.55. The Kier molecular flexibility index (Phi) is 8.50. The number of likely N-dealkylation sites (N-methyl/N-ethyl adjacent to an activating group) is 2. The van der Waals surface area contributed by atoms with E-state index >= 15 is 0 Å². The van der Waals surface area contributed by atoms with Crippen molar-refractivity contribution in [3.63, 3.8) is 0 Å². The molecule has 0 aliphatic carbocycles. The normalized spacial score (nSPS) is 12.0. The van der Waals surface area contributed by atoms with E-state index in [-0.39, 0.29) is 5.91 Å². The molecule has 27 heavy (non-hydrogen) atoms. The third-order valence-electron chi connectivity index (χ3n) is 3.98. The molecule has 0 radical (unpaired) electrons. The van der Waals surface area contributed by atoms with E-state index in [1.807, 2.05) is 36.2 Å². The Bertz CT molecular complexity index is 816. The highest BCUT2D eigenvalue weighted by molar-refractivity contribution is 7.07. The first kappa shape index (κ1) is 21.6. The molecule has 148 valence electrons. The average molecular weight is 411 g/mol. The number of ether oxygens (including phenoxy) is 1. The molecule has 0 N–H and O–H groups in total. The first-order chi connectivity index (χ1) is 12.9. The number of hydrogen-bond donors (Lipinski definition) is 0. The first-order valence-corrected chi connectivity index (χ1v) is 10.0. The monoisotopic (exact) mass is 410 g/mol. The van der Waals surface area contributed by atoms with E-state index in [4.69, 9.17) is 21.3 Å². The quantitative estimate of drug-likeness (QED) is 0.597. The Balaban J connectivity index is 2.26. The number of halogens is 1. The van der Waals surface area contributed by atoms with Gasteiger partial charge in [-0.1, -0.05) is 17.7 Å². The van der Waals surface area contributed by atoms with Crippen molar-refractivity contribution in [1.29, 1.82) is 0 Å². The maximum Gasteiger partial charge on any atom is 0.236 e. The Labute approximate surface area is 169 Å². The fourth-order valence-corrected chi connectivity index (χ4v) is 3.67. The summed E-state index contributed by atoms with van der Waals surface area (Å²) in [5.41, 5.74) is 1.96. The molecule has 0 aliphatic heterocycles. The lowest BCUT2D eigenvalue weighted by atomic mass is 10.3. The van der Waals surface area contributed by atoms with Gasteiger partial charge in [-0.25, -0.2) is 4.99 Å². The molecule has 1 heterocycles. The maximum absolute atomic E-state index is 12.0. The molecule has 0 atom stereocenters. The van der Waals surface area contributed by atoms with E-state index in [1.165, 1.54) is 0 Å². The predicted octanol–water partition coefficient (Wildman–Crippen LogP) is 2.99. The number of thiazole rings is 1. The number of hydrogen-bond acceptors (Lipinski definition) is 5. The summed E-state index contributed by atoms with van der Waals surface area (Å²) in [6.07, 6.45) is 0.892. The molecule has 8 heteroatoms. The summed E-state index contributed by atoms with van der Waals surface area (Å²) >= 11 is 7.67. The average Bonchev–Trinajstić information content (AvgIpc) is 2.96. The van der Waals surface area contributed by atoms with Crippen molar-refractivity contribution >= 4 is 34.5 Å². The third-order valence-corrected chi connectivity index (χ3v) is 5.12. The van der Waals surface area contributed by atoms with Gasteiger partial charge in [-0.15, -0.1) is 11.3 Å². The highest BCUT2D eigenvalue weighted by Gasteiger charge is 2.12. The Morgan fingerprint density at radius 2 is 2.11 bits per heavy atom. The highest BCUT2D eigenvalue weighted by atomic mass is 35.5. The molecule has 2 aromatic rings. The van der Waals surface area contributed by atoms with Crippen LogP contribution in [0.15, 0.2) is 34.6 Å². The van der Waals surface area contributed by atoms with Crippen LogP contribution < -0.4 is 4.80 Å². The van der Waals surface area contributed by atoms with E-state index in [2.05, 4.69) is 9.95 Å². The second kappa shape index (κ2) is 10.6. The van der Waals surface area contributed by atoms with Crippen LogP contribution in [-0.2, 0) is 22.6 Å². The van der Waals surface area contributed by atoms with Crippen LogP contribution in [0.1, 0.15) is 12.1 Å². The zero-order valence-electron chi connectivity index (χ0n) is 16.3. The summed E-state index contributed by atoms with van der Waals surface area (Å²) in [6, 6.07) is 7.52. The second-order valence-electron chi connectivity index (χ2n) is 6.56. The summed E-state index contributed by atoms with van der Waals surface area (Å²) in [4.78, 5) is 21.2. The van der Waals surface area contributed by atoms with Gasteiger partial charge in [0.05, 0.1) is 12.2 Å². The minimum absolute atomic E-state index is 0.0856. The first-order valence-electron chi connectivity index (χ1n) is 8.76. The van der Waals surface area contributed by atoms with Crippen LogP contribution in [0.5, 0.6) is 0 Å². The van der Waals surface area contributed by atoms with Gasteiger partial charge < -0.3 is 14.2 Å². The molecule has 0 saturated carbocycles. The van der Waals surface area contributed by atoms with Crippen molar-refractivity contribution in [1.82, 2.24) is 14.4 Å². The lowest BCUT2D eigenvalue weighted by molar-refractivity contribution is -0.129. The van der Waals surface area contributed by atoms with Crippen molar-refractivity contribution in [3.8, 4) is 0 Å². The number of amides is 1. The molecule has 0 aliphatic rings. The van der Waals surface area contributed by atoms with Gasteiger partial charge in [-0.3, -0.25) is 9.69 Å². The van der Waals surface area contributed by atoms with E-state index < -0.39 is 0 Å². The summed E-state index contributed by atoms with van der Waals surface area (Å²) in [5.74, 6) is 0.0856. The van der Waals surface area contributed by atoms with Crippen molar-refractivity contribution in [2.75, 3.05) is 41.4 Å². The van der Waals surface area contributed by atoms with Crippen LogP contribution in [0.3, 0.4) is 0 Å². The van der Waals surface area contributed by atoms with Gasteiger partial charge in [0, 0.05) is 57.0 Å². The largest absolute Gasteiger partial charge is 0.385 e. The number of methoxy groups -OCH3 is 1. The van der Waals surface area contributed by atoms with Crippen LogP contribution in [0.2, 0.25) is 5.02 Å². The molecule has 0 unspecified atom stereocenters. The van der Waals surface area contributed by atoms with Gasteiger partial charge >= 0.3 is 0 Å². The third kappa shape index (κ3) is 6.77. The molecule has 0 bridgehead atoms. The molecule has 1 aromatic heterocycles. The van der Waals surface area contributed by atoms with E-state index in [0.29, 0.717) is 24.7 Å². The molecule has 1 amide bonds. The van der Waals surface area contributed by atoms with E-state index in [9.17, 15) is 4.79 Å². The Morgan fingerprint density at radius 3 is 2.78 bits per heavy atom. The van der Waals surface area contributed by atoms with Gasteiger partial charge in [0.2, 0.25) is 5.91 Å². The molecule has 0 spiro atoms. The van der Waals surface area contributed by atoms with Gasteiger partial charge in [0.15, 0.2) is 4.80 Å². The molecule has 6 nitrogen and oxygen atoms in total. The number of nitrogens with zero attached hydrogens (tertiary/aromatic N) is 4. The zero-order valence-corrected chi connectivity index (χ0v) is 17.9. The summed E-state index contributed by atoms with van der Waals surface area (Å²) in [6.45, 7) is 2.55. The summed E-state index contributed by atoms with van der Waals surface area (Å²) in [5, 5.41) is 2.77. The Morgan fingerprint density at radius 1 is 1.33 bits per heavy atom. The fraction of sp³-hybridized carbons (Fsp3) is 0.474. The zero-order chi connectivity index (χ0) is 19.8. The standard InChI is InChI=1S/C19H27ClN4O2S/c1-22(2)18(25)13-23(3)12-17-14-27-19(24(17)9-6-10-26-4)21-16-8-5-7-15(20)11-16/h5,7-8,11,14H,6,9-10,12-13H2,1-4H3. The lowest BCUT2D eigenvalue weighted by Crippen LogP contribution is -2.34. The van der Waals surface area contributed by atoms with Gasteiger partial charge in [0.25, 0.3) is 0 Å². The topological polar surface area (TPSA) is 50.1 Å². The smallest absolute Gasteiger partial charge is 0.236 e. The van der Waals surface area contributed by atoms with Crippen LogP contribution in [0, 0.1) is 0 Å².